The van der Waals surface area contributed by atoms with Crippen LogP contribution < -0.4 is 15.8 Å². The van der Waals surface area contributed by atoms with Crippen LogP contribution in [0.25, 0.3) is 0 Å². The molecule has 27 heavy (non-hydrogen) atoms. The van der Waals surface area contributed by atoms with Crippen LogP contribution in [-0.2, 0) is 9.67 Å². The number of ether oxygens (including phenoxy) is 1. The smallest absolute Gasteiger partial charge is 0.231 e. The molecule has 1 heterocycles. The number of benzene rings is 3. The molecule has 0 aliphatic carbocycles. The average Bonchev–Trinajstić information content (AvgIpc) is 3.07. The quantitative estimate of drug-likeness (QED) is 0.623. The molecule has 0 aromatic heterocycles. The molecule has 1 unspecified atom stereocenters. The van der Waals surface area contributed by atoms with Crippen LogP contribution in [0.3, 0.4) is 0 Å². The van der Waals surface area contributed by atoms with Gasteiger partial charge in [-0.1, -0.05) is 35.9 Å². The van der Waals surface area contributed by atoms with E-state index in [4.69, 9.17) is 22.1 Å². The van der Waals surface area contributed by atoms with Crippen molar-refractivity contribution in [3.63, 3.8) is 0 Å². The van der Waals surface area contributed by atoms with Crippen LogP contribution in [0.4, 0.5) is 5.69 Å². The maximum atomic E-state index is 12.1. The van der Waals surface area contributed by atoms with Crippen LogP contribution in [0, 0.1) is 0 Å². The van der Waals surface area contributed by atoms with E-state index in [1.165, 1.54) is 0 Å². The number of hydrogen-bond donors (Lipinski definition) is 2. The van der Waals surface area contributed by atoms with Crippen LogP contribution in [0.5, 0.6) is 11.5 Å². The minimum atomic E-state index is -0.689. The van der Waals surface area contributed by atoms with Gasteiger partial charge in [-0.05, 0) is 59.7 Å². The van der Waals surface area contributed by atoms with Gasteiger partial charge in [-0.25, -0.2) is 0 Å². The van der Waals surface area contributed by atoms with Gasteiger partial charge in [0.2, 0.25) is 5.91 Å². The Labute approximate surface area is 166 Å². The minimum Gasteiger partial charge on any atom is -0.457 e. The molecule has 0 saturated carbocycles. The molecule has 3 aromatic rings. The van der Waals surface area contributed by atoms with E-state index in [2.05, 4.69) is 5.32 Å². The van der Waals surface area contributed by atoms with Crippen LogP contribution in [0.2, 0.25) is 5.02 Å². The van der Waals surface area contributed by atoms with Crippen molar-refractivity contribution in [2.45, 2.75) is 4.87 Å². The van der Waals surface area contributed by atoms with Gasteiger partial charge in [0.25, 0.3) is 0 Å². The second kappa shape index (κ2) is 7.18. The van der Waals surface area contributed by atoms with Crippen molar-refractivity contribution in [2.24, 2.45) is 0 Å². The Hall–Kier alpha value is -2.63. The van der Waals surface area contributed by atoms with E-state index in [0.717, 1.165) is 11.1 Å². The van der Waals surface area contributed by atoms with E-state index >= 15 is 0 Å². The number of carbonyl (C=O) groups excluding carboxylic acids is 1. The lowest BCUT2D eigenvalue weighted by Gasteiger charge is -2.30. The number of carbonyl (C=O) groups is 1. The van der Waals surface area contributed by atoms with E-state index in [0.29, 0.717) is 28.0 Å². The first kappa shape index (κ1) is 17.8. The fourth-order valence-electron chi connectivity index (χ4n) is 3.09. The van der Waals surface area contributed by atoms with Crippen molar-refractivity contribution >= 4 is 35.0 Å². The second-order valence-electron chi connectivity index (χ2n) is 6.23. The lowest BCUT2D eigenvalue weighted by atomic mass is 9.97. The Morgan fingerprint density at radius 3 is 2.33 bits per heavy atom. The number of halogens is 1. The molecule has 1 amide bonds. The minimum absolute atomic E-state index is 0.00792. The molecule has 3 N–H and O–H groups in total. The first-order valence-electron chi connectivity index (χ1n) is 8.40. The molecule has 1 saturated heterocycles. The first-order chi connectivity index (χ1) is 13.0. The molecule has 1 aliphatic rings. The average molecular weight is 397 g/mol. The van der Waals surface area contributed by atoms with Crippen molar-refractivity contribution in [2.75, 3.05) is 11.5 Å². The number of nitrogen functional groups attached to an aromatic ring is 1. The van der Waals surface area contributed by atoms with Gasteiger partial charge in [0.05, 0.1) is 5.75 Å². The third-order valence-corrected chi connectivity index (χ3v) is 5.98. The molecule has 3 aromatic carbocycles. The monoisotopic (exact) mass is 396 g/mol. The highest BCUT2D eigenvalue weighted by Gasteiger charge is 2.42. The van der Waals surface area contributed by atoms with Gasteiger partial charge >= 0.3 is 0 Å². The summed E-state index contributed by atoms with van der Waals surface area (Å²) in [5.74, 6) is 1.75. The predicted molar refractivity (Wildman–Crippen MR) is 110 cm³/mol. The van der Waals surface area contributed by atoms with Crippen LogP contribution in [0.1, 0.15) is 11.1 Å². The van der Waals surface area contributed by atoms with E-state index < -0.39 is 4.87 Å². The Bertz CT molecular complexity index is 993. The number of nitrogens with one attached hydrogen (secondary N) is 1. The summed E-state index contributed by atoms with van der Waals surface area (Å²) in [7, 11) is 0. The maximum Gasteiger partial charge on any atom is 0.231 e. The highest BCUT2D eigenvalue weighted by Crippen LogP contribution is 2.45. The summed E-state index contributed by atoms with van der Waals surface area (Å²) in [6.45, 7) is 0. The number of hydrogen-bond acceptors (Lipinski definition) is 4. The van der Waals surface area contributed by atoms with Gasteiger partial charge in [-0.3, -0.25) is 4.79 Å². The Kier molecular flexibility index (Phi) is 4.72. The summed E-state index contributed by atoms with van der Waals surface area (Å²) in [6.07, 6.45) is 0. The maximum absolute atomic E-state index is 12.1. The molecular formula is C21H17ClN2O2S. The predicted octanol–water partition coefficient (Wildman–Crippen LogP) is 4.78. The lowest BCUT2D eigenvalue weighted by Crippen LogP contribution is -2.38. The lowest BCUT2D eigenvalue weighted by molar-refractivity contribution is -0.118. The molecule has 0 bridgehead atoms. The van der Waals surface area contributed by atoms with Crippen molar-refractivity contribution in [3.05, 3.63) is 88.9 Å². The van der Waals surface area contributed by atoms with Crippen molar-refractivity contribution in [1.82, 2.24) is 5.32 Å². The SMILES string of the molecule is Nc1cccc(C2(c3cccc(Oc4ccc(Cl)cc4)c3)NC(=O)CS2)c1. The summed E-state index contributed by atoms with van der Waals surface area (Å²) in [4.78, 5) is 11.4. The number of thioether (sulfide) groups is 1. The van der Waals surface area contributed by atoms with Gasteiger partial charge in [0, 0.05) is 10.7 Å². The molecule has 4 nitrogen and oxygen atoms in total. The highest BCUT2D eigenvalue weighted by atomic mass is 35.5. The Morgan fingerprint density at radius 2 is 1.67 bits per heavy atom. The van der Waals surface area contributed by atoms with Gasteiger partial charge < -0.3 is 15.8 Å². The van der Waals surface area contributed by atoms with E-state index in [1.807, 2.05) is 60.7 Å². The Morgan fingerprint density at radius 1 is 0.963 bits per heavy atom. The zero-order valence-corrected chi connectivity index (χ0v) is 15.9. The zero-order chi connectivity index (χ0) is 18.9. The van der Waals surface area contributed by atoms with Crippen LogP contribution in [-0.4, -0.2) is 11.7 Å². The van der Waals surface area contributed by atoms with Crippen LogP contribution >= 0.6 is 23.4 Å². The van der Waals surface area contributed by atoms with E-state index in [-0.39, 0.29) is 5.91 Å². The topological polar surface area (TPSA) is 64.3 Å². The molecular weight excluding hydrogens is 380 g/mol. The van der Waals surface area contributed by atoms with Gasteiger partial charge in [0.15, 0.2) is 0 Å². The molecule has 6 heteroatoms. The summed E-state index contributed by atoms with van der Waals surface area (Å²) in [5, 5.41) is 3.78. The van der Waals surface area contributed by atoms with Gasteiger partial charge in [-0.2, -0.15) is 0 Å². The molecule has 1 aliphatic heterocycles. The second-order valence-corrected chi connectivity index (χ2v) is 7.85. The molecule has 136 valence electrons. The zero-order valence-electron chi connectivity index (χ0n) is 14.3. The fraction of sp³-hybridized carbons (Fsp3) is 0.0952. The number of nitrogens with two attached hydrogens (primary N) is 1. The van der Waals surface area contributed by atoms with E-state index in [1.54, 1.807) is 23.9 Å². The van der Waals surface area contributed by atoms with Crippen molar-refractivity contribution < 1.29 is 9.53 Å². The number of rotatable bonds is 4. The first-order valence-corrected chi connectivity index (χ1v) is 9.76. The molecule has 1 atom stereocenters. The molecule has 4 rings (SSSR count). The van der Waals surface area contributed by atoms with Crippen molar-refractivity contribution in [1.29, 1.82) is 0 Å². The third-order valence-electron chi connectivity index (χ3n) is 4.32. The highest BCUT2D eigenvalue weighted by molar-refractivity contribution is 8.01. The van der Waals surface area contributed by atoms with Gasteiger partial charge in [0.1, 0.15) is 16.4 Å². The third kappa shape index (κ3) is 3.61. The Balaban J connectivity index is 1.73. The molecule has 0 spiro atoms. The number of amides is 1. The number of anilines is 1. The summed E-state index contributed by atoms with van der Waals surface area (Å²) in [6, 6.07) is 22.5. The van der Waals surface area contributed by atoms with E-state index in [9.17, 15) is 4.79 Å². The fourth-order valence-corrected chi connectivity index (χ4v) is 4.41. The molecule has 1 fully saturated rings. The van der Waals surface area contributed by atoms with Crippen LogP contribution in [0.15, 0.2) is 72.8 Å². The normalized spacial score (nSPS) is 18.9. The largest absolute Gasteiger partial charge is 0.457 e. The van der Waals surface area contributed by atoms with Crippen molar-refractivity contribution in [3.8, 4) is 11.5 Å². The van der Waals surface area contributed by atoms with Gasteiger partial charge in [-0.15, -0.1) is 11.8 Å². The summed E-state index contributed by atoms with van der Waals surface area (Å²) >= 11 is 7.47. The summed E-state index contributed by atoms with van der Waals surface area (Å²) in [5.41, 5.74) is 8.50. The molecule has 0 radical (unpaired) electrons. The summed E-state index contributed by atoms with van der Waals surface area (Å²) < 4.78 is 5.96. The standard InChI is InChI=1S/C21H17ClN2O2S/c22-16-7-9-18(10-8-16)26-19-6-2-4-15(12-19)21(24-20(25)13-27-21)14-3-1-5-17(23)11-14/h1-12H,13,23H2,(H,24,25).